The number of halogens is 1. The highest BCUT2D eigenvalue weighted by atomic mass is 19.1. The Balaban J connectivity index is 2.53. The van der Waals surface area contributed by atoms with Crippen molar-refractivity contribution in [3.8, 4) is 0 Å². The van der Waals surface area contributed by atoms with Crippen molar-refractivity contribution in [1.82, 2.24) is 0 Å². The number of rotatable bonds is 4. The second-order valence-electron chi connectivity index (χ2n) is 3.34. The molecule has 0 fully saturated rings. The molecule has 0 saturated carbocycles. The van der Waals surface area contributed by atoms with Gasteiger partial charge in [0.25, 0.3) is 5.91 Å². The molecule has 16 heavy (non-hydrogen) atoms. The minimum Gasteiger partial charge on any atom is -0.267 e. The minimum atomic E-state index is -0.300. The van der Waals surface area contributed by atoms with Crippen LogP contribution in [0.5, 0.6) is 0 Å². The van der Waals surface area contributed by atoms with Crippen molar-refractivity contribution in [1.29, 1.82) is 0 Å². The monoisotopic (exact) mass is 219 g/mol. The first-order valence-electron chi connectivity index (χ1n) is 5.22. The van der Waals surface area contributed by atoms with Crippen molar-refractivity contribution in [3.63, 3.8) is 0 Å². The Kier molecular flexibility index (Phi) is 5.12. The highest BCUT2D eigenvalue weighted by Gasteiger charge is 1.92. The van der Waals surface area contributed by atoms with Crippen molar-refractivity contribution in [3.05, 3.63) is 47.8 Å². The lowest BCUT2D eigenvalue weighted by molar-refractivity contribution is -0.113. The molecule has 0 aliphatic carbocycles. The van der Waals surface area contributed by atoms with Gasteiger partial charge < -0.3 is 0 Å². The fourth-order valence-electron chi connectivity index (χ4n) is 1.08. The van der Waals surface area contributed by atoms with Crippen molar-refractivity contribution in [2.24, 2.45) is 4.99 Å². The van der Waals surface area contributed by atoms with Crippen LogP contribution in [0, 0.1) is 5.82 Å². The Morgan fingerprint density at radius 1 is 1.38 bits per heavy atom. The van der Waals surface area contributed by atoms with Crippen molar-refractivity contribution in [2.45, 2.75) is 19.8 Å². The number of nitrogens with zero attached hydrogens (tertiary/aromatic N) is 1. The van der Waals surface area contributed by atoms with Crippen LogP contribution in [0.4, 0.5) is 4.39 Å². The van der Waals surface area contributed by atoms with E-state index in [4.69, 9.17) is 0 Å². The summed E-state index contributed by atoms with van der Waals surface area (Å²) in [5.41, 5.74) is 0.707. The molecule has 0 atom stereocenters. The van der Waals surface area contributed by atoms with Crippen molar-refractivity contribution < 1.29 is 9.18 Å². The molecule has 0 spiro atoms. The highest BCUT2D eigenvalue weighted by molar-refractivity contribution is 5.97. The van der Waals surface area contributed by atoms with Crippen LogP contribution in [0.3, 0.4) is 0 Å². The van der Waals surface area contributed by atoms with E-state index in [0.717, 1.165) is 12.8 Å². The summed E-state index contributed by atoms with van der Waals surface area (Å²) >= 11 is 0. The zero-order valence-electron chi connectivity index (χ0n) is 9.19. The molecule has 0 bridgehead atoms. The summed E-state index contributed by atoms with van der Waals surface area (Å²) in [6, 6.07) is 5.81. The third kappa shape index (κ3) is 4.64. The first-order valence-corrected chi connectivity index (χ1v) is 5.22. The summed E-state index contributed by atoms with van der Waals surface area (Å²) in [5.74, 6) is -0.593. The van der Waals surface area contributed by atoms with E-state index in [0.29, 0.717) is 5.56 Å². The van der Waals surface area contributed by atoms with Gasteiger partial charge in [-0.1, -0.05) is 31.6 Å². The van der Waals surface area contributed by atoms with Crippen LogP contribution in [-0.4, -0.2) is 12.1 Å². The Bertz CT molecular complexity index is 393. The van der Waals surface area contributed by atoms with E-state index >= 15 is 0 Å². The standard InChI is InChI=1S/C13H14FNO/c1-2-3-4-5-13(16)15-10-11-6-8-12(14)9-7-11/h4-10H,2-3H2,1H3. The average molecular weight is 219 g/mol. The normalized spacial score (nSPS) is 11.4. The molecule has 0 aromatic heterocycles. The average Bonchev–Trinajstić information content (AvgIpc) is 2.29. The Morgan fingerprint density at radius 2 is 2.06 bits per heavy atom. The third-order valence-electron chi connectivity index (χ3n) is 1.93. The highest BCUT2D eigenvalue weighted by Crippen LogP contribution is 2.00. The maximum absolute atomic E-state index is 12.6. The van der Waals surface area contributed by atoms with Gasteiger partial charge in [-0.05, 0) is 24.1 Å². The van der Waals surface area contributed by atoms with Crippen LogP contribution < -0.4 is 0 Å². The zero-order valence-corrected chi connectivity index (χ0v) is 9.19. The fraction of sp³-hybridized carbons (Fsp3) is 0.231. The molecule has 1 aromatic rings. The van der Waals surface area contributed by atoms with E-state index in [1.165, 1.54) is 24.4 Å². The molecule has 1 aromatic carbocycles. The van der Waals surface area contributed by atoms with E-state index in [9.17, 15) is 9.18 Å². The summed E-state index contributed by atoms with van der Waals surface area (Å²) in [7, 11) is 0. The number of amides is 1. The smallest absolute Gasteiger partial charge is 0.267 e. The molecule has 0 N–H and O–H groups in total. The number of hydrogen-bond acceptors (Lipinski definition) is 1. The van der Waals surface area contributed by atoms with Crippen LogP contribution in [-0.2, 0) is 4.79 Å². The first-order chi connectivity index (χ1) is 7.72. The predicted molar refractivity (Wildman–Crippen MR) is 63.0 cm³/mol. The van der Waals surface area contributed by atoms with Gasteiger partial charge in [-0.3, -0.25) is 4.79 Å². The Hall–Kier alpha value is -1.77. The number of allylic oxidation sites excluding steroid dienone is 1. The second-order valence-corrected chi connectivity index (χ2v) is 3.34. The summed E-state index contributed by atoms with van der Waals surface area (Å²) in [6.07, 6.45) is 6.55. The number of carbonyl (C=O) groups excluding carboxylic acids is 1. The maximum atomic E-state index is 12.6. The number of hydrogen-bond donors (Lipinski definition) is 0. The second kappa shape index (κ2) is 6.67. The Morgan fingerprint density at radius 3 is 2.69 bits per heavy atom. The molecule has 0 unspecified atom stereocenters. The molecule has 2 nitrogen and oxygen atoms in total. The van der Waals surface area contributed by atoms with Gasteiger partial charge >= 0.3 is 0 Å². The fourth-order valence-corrected chi connectivity index (χ4v) is 1.08. The Labute approximate surface area is 94.5 Å². The number of benzene rings is 1. The predicted octanol–water partition coefficient (Wildman–Crippen LogP) is 3.13. The van der Waals surface area contributed by atoms with Crippen molar-refractivity contribution >= 4 is 12.1 Å². The minimum absolute atomic E-state index is 0.294. The number of unbranched alkanes of at least 4 members (excludes halogenated alkanes) is 1. The van der Waals surface area contributed by atoms with Gasteiger partial charge in [-0.25, -0.2) is 9.38 Å². The maximum Gasteiger partial charge on any atom is 0.269 e. The quantitative estimate of drug-likeness (QED) is 0.565. The summed E-state index contributed by atoms with van der Waals surface area (Å²) in [5, 5.41) is 0. The molecule has 3 heteroatoms. The molecule has 0 aliphatic rings. The van der Waals surface area contributed by atoms with E-state index < -0.39 is 0 Å². The van der Waals surface area contributed by atoms with E-state index in [1.807, 2.05) is 6.92 Å². The van der Waals surface area contributed by atoms with Gasteiger partial charge in [0.15, 0.2) is 0 Å². The lowest BCUT2D eigenvalue weighted by Crippen LogP contribution is -1.89. The van der Waals surface area contributed by atoms with Gasteiger partial charge in [0.2, 0.25) is 0 Å². The molecule has 0 aliphatic heterocycles. The van der Waals surface area contributed by atoms with Crippen LogP contribution in [0.2, 0.25) is 0 Å². The van der Waals surface area contributed by atoms with Gasteiger partial charge in [-0.15, -0.1) is 0 Å². The molecule has 0 heterocycles. The van der Waals surface area contributed by atoms with Crippen LogP contribution in [0.25, 0.3) is 0 Å². The van der Waals surface area contributed by atoms with Crippen molar-refractivity contribution in [2.75, 3.05) is 0 Å². The number of aliphatic imine (C=N–C) groups is 1. The van der Waals surface area contributed by atoms with Gasteiger partial charge in [-0.2, -0.15) is 0 Å². The van der Waals surface area contributed by atoms with Gasteiger partial charge in [0.05, 0.1) is 0 Å². The van der Waals surface area contributed by atoms with Crippen LogP contribution in [0.1, 0.15) is 25.3 Å². The first kappa shape index (κ1) is 12.3. The largest absolute Gasteiger partial charge is 0.269 e. The van der Waals surface area contributed by atoms with Crippen LogP contribution in [0.15, 0.2) is 41.4 Å². The van der Waals surface area contributed by atoms with Crippen LogP contribution >= 0.6 is 0 Å². The molecule has 0 radical (unpaired) electrons. The topological polar surface area (TPSA) is 29.4 Å². The molecule has 1 amide bonds. The molecule has 84 valence electrons. The third-order valence-corrected chi connectivity index (χ3v) is 1.93. The van der Waals surface area contributed by atoms with Gasteiger partial charge in [0.1, 0.15) is 5.82 Å². The summed E-state index contributed by atoms with van der Waals surface area (Å²) < 4.78 is 12.6. The van der Waals surface area contributed by atoms with E-state index in [-0.39, 0.29) is 11.7 Å². The molecular weight excluding hydrogens is 205 g/mol. The summed E-state index contributed by atoms with van der Waals surface area (Å²) in [6.45, 7) is 2.04. The lowest BCUT2D eigenvalue weighted by Gasteiger charge is -1.91. The SMILES string of the molecule is CCCC=CC(=O)N=Cc1ccc(F)cc1. The molecule has 0 saturated heterocycles. The molecular formula is C13H14FNO. The zero-order chi connectivity index (χ0) is 11.8. The van der Waals surface area contributed by atoms with E-state index in [1.54, 1.807) is 18.2 Å². The lowest BCUT2D eigenvalue weighted by atomic mass is 10.2. The molecule has 1 rings (SSSR count). The summed E-state index contributed by atoms with van der Waals surface area (Å²) in [4.78, 5) is 14.9. The van der Waals surface area contributed by atoms with Gasteiger partial charge in [0, 0.05) is 12.3 Å². The number of carbonyl (C=O) groups is 1. The van der Waals surface area contributed by atoms with E-state index in [2.05, 4.69) is 4.99 Å².